The van der Waals surface area contributed by atoms with Gasteiger partial charge in [-0.15, -0.1) is 11.8 Å². The highest BCUT2D eigenvalue weighted by Gasteiger charge is 2.03. The zero-order valence-corrected chi connectivity index (χ0v) is 19.1. The SMILES string of the molecule is O=C(O)CCCCCCCCCCSC(S)CCCCCCCCCCO. The van der Waals surface area contributed by atoms with E-state index in [1.165, 1.54) is 95.6 Å². The van der Waals surface area contributed by atoms with E-state index in [4.69, 9.17) is 22.8 Å². The highest BCUT2D eigenvalue weighted by atomic mass is 32.2. The molecule has 27 heavy (non-hydrogen) atoms. The number of aliphatic hydroxyl groups excluding tert-OH is 1. The molecule has 0 bridgehead atoms. The molecule has 3 nitrogen and oxygen atoms in total. The van der Waals surface area contributed by atoms with E-state index in [0.29, 0.717) is 17.6 Å². The fourth-order valence-electron chi connectivity index (χ4n) is 3.23. The summed E-state index contributed by atoms with van der Waals surface area (Å²) in [6, 6.07) is 0. The molecule has 0 aliphatic rings. The second kappa shape index (κ2) is 22.4. The highest BCUT2D eigenvalue weighted by molar-refractivity contribution is 8.10. The average molecular weight is 421 g/mol. The number of hydrogen-bond acceptors (Lipinski definition) is 4. The molecule has 0 aromatic heterocycles. The van der Waals surface area contributed by atoms with Crippen LogP contribution in [0.1, 0.15) is 116 Å². The van der Waals surface area contributed by atoms with Crippen LogP contribution in [0.2, 0.25) is 0 Å². The third kappa shape index (κ3) is 24.1. The summed E-state index contributed by atoms with van der Waals surface area (Å²) in [5, 5.41) is 17.3. The Balaban J connectivity index is 3.15. The minimum atomic E-state index is -0.666. The van der Waals surface area contributed by atoms with Crippen molar-refractivity contribution in [1.29, 1.82) is 0 Å². The Morgan fingerprint density at radius 3 is 1.67 bits per heavy atom. The van der Waals surface area contributed by atoms with Crippen LogP contribution in [0.3, 0.4) is 0 Å². The lowest BCUT2D eigenvalue weighted by Crippen LogP contribution is -1.95. The zero-order valence-electron chi connectivity index (χ0n) is 17.4. The Morgan fingerprint density at radius 1 is 0.704 bits per heavy atom. The number of unbranched alkanes of at least 4 members (excludes halogenated alkanes) is 14. The second-order valence-electron chi connectivity index (χ2n) is 7.64. The Labute approximate surface area is 177 Å². The van der Waals surface area contributed by atoms with Crippen molar-refractivity contribution in [2.24, 2.45) is 0 Å². The van der Waals surface area contributed by atoms with Crippen molar-refractivity contribution < 1.29 is 15.0 Å². The molecular weight excluding hydrogens is 376 g/mol. The molecule has 0 aliphatic heterocycles. The molecule has 0 aliphatic carbocycles. The van der Waals surface area contributed by atoms with E-state index in [1.807, 2.05) is 11.8 Å². The Kier molecular flexibility index (Phi) is 22.5. The minimum Gasteiger partial charge on any atom is -0.481 e. The molecule has 0 radical (unpaired) electrons. The van der Waals surface area contributed by atoms with Crippen LogP contribution in [-0.2, 0) is 4.79 Å². The van der Waals surface area contributed by atoms with E-state index < -0.39 is 5.97 Å². The van der Waals surface area contributed by atoms with Gasteiger partial charge in [0, 0.05) is 17.6 Å². The Bertz CT molecular complexity index is 314. The van der Waals surface area contributed by atoms with Crippen LogP contribution in [0.25, 0.3) is 0 Å². The van der Waals surface area contributed by atoms with Crippen LogP contribution in [0.4, 0.5) is 0 Å². The molecule has 2 N–H and O–H groups in total. The van der Waals surface area contributed by atoms with Crippen LogP contribution in [0.15, 0.2) is 0 Å². The molecule has 0 amide bonds. The van der Waals surface area contributed by atoms with E-state index in [1.54, 1.807) is 0 Å². The molecule has 1 atom stereocenters. The van der Waals surface area contributed by atoms with Crippen molar-refractivity contribution >= 4 is 30.4 Å². The first kappa shape index (κ1) is 27.1. The lowest BCUT2D eigenvalue weighted by Gasteiger charge is -2.10. The summed E-state index contributed by atoms with van der Waals surface area (Å²) in [4.78, 5) is 10.4. The van der Waals surface area contributed by atoms with Crippen LogP contribution in [0, 0.1) is 0 Å². The van der Waals surface area contributed by atoms with Crippen molar-refractivity contribution in [2.75, 3.05) is 12.4 Å². The number of carboxylic acid groups (broad SMARTS) is 1. The molecule has 0 saturated carbocycles. The lowest BCUT2D eigenvalue weighted by atomic mass is 10.1. The van der Waals surface area contributed by atoms with Gasteiger partial charge in [-0.3, -0.25) is 4.79 Å². The van der Waals surface area contributed by atoms with Crippen molar-refractivity contribution in [2.45, 2.75) is 120 Å². The quantitative estimate of drug-likeness (QED) is 0.0995. The molecule has 5 heteroatoms. The number of hydrogen-bond donors (Lipinski definition) is 3. The highest BCUT2D eigenvalue weighted by Crippen LogP contribution is 2.23. The van der Waals surface area contributed by atoms with E-state index >= 15 is 0 Å². The molecule has 0 aromatic carbocycles. The van der Waals surface area contributed by atoms with Gasteiger partial charge in [-0.05, 0) is 31.4 Å². The average Bonchev–Trinajstić information content (AvgIpc) is 2.64. The van der Waals surface area contributed by atoms with Crippen molar-refractivity contribution in [3.63, 3.8) is 0 Å². The molecule has 1 unspecified atom stereocenters. The van der Waals surface area contributed by atoms with E-state index in [2.05, 4.69) is 0 Å². The maximum Gasteiger partial charge on any atom is 0.303 e. The number of thioether (sulfide) groups is 1. The van der Waals surface area contributed by atoms with E-state index in [-0.39, 0.29) is 0 Å². The maximum absolute atomic E-state index is 10.4. The first-order chi connectivity index (χ1) is 13.2. The third-order valence-electron chi connectivity index (χ3n) is 4.95. The smallest absolute Gasteiger partial charge is 0.303 e. The summed E-state index contributed by atoms with van der Waals surface area (Å²) in [5.41, 5.74) is 0. The number of thiol groups is 1. The maximum atomic E-state index is 10.4. The molecule has 0 aromatic rings. The lowest BCUT2D eigenvalue weighted by molar-refractivity contribution is -0.137. The summed E-state index contributed by atoms with van der Waals surface area (Å²) in [7, 11) is 0. The van der Waals surface area contributed by atoms with Gasteiger partial charge in [0.1, 0.15) is 0 Å². The van der Waals surface area contributed by atoms with Crippen LogP contribution in [-0.4, -0.2) is 33.1 Å². The fraction of sp³-hybridized carbons (Fsp3) is 0.955. The molecule has 0 spiro atoms. The third-order valence-corrected chi connectivity index (χ3v) is 6.80. The summed E-state index contributed by atoms with van der Waals surface area (Å²) in [6.07, 6.45) is 21.2. The molecule has 0 saturated heterocycles. The zero-order chi connectivity index (χ0) is 20.0. The normalized spacial score (nSPS) is 12.4. The standard InChI is InChI=1S/C22H44O3S2/c23-19-15-11-7-3-1-6-10-14-18-22(26)27-20-16-12-8-4-2-5-9-13-17-21(24)25/h22-23,26H,1-20H2,(H,24,25). The number of aliphatic hydroxyl groups is 1. The Hall–Kier alpha value is 0.130. The largest absolute Gasteiger partial charge is 0.481 e. The van der Waals surface area contributed by atoms with Gasteiger partial charge in [0.15, 0.2) is 0 Å². The van der Waals surface area contributed by atoms with Crippen LogP contribution >= 0.6 is 24.4 Å². The van der Waals surface area contributed by atoms with Gasteiger partial charge in [-0.25, -0.2) is 0 Å². The topological polar surface area (TPSA) is 57.5 Å². The number of carbonyl (C=O) groups is 1. The van der Waals surface area contributed by atoms with Crippen LogP contribution < -0.4 is 0 Å². The monoisotopic (exact) mass is 420 g/mol. The molecule has 0 rings (SSSR count). The van der Waals surface area contributed by atoms with Gasteiger partial charge in [-0.2, -0.15) is 12.6 Å². The van der Waals surface area contributed by atoms with Crippen molar-refractivity contribution in [1.82, 2.24) is 0 Å². The molecule has 0 fully saturated rings. The predicted molar refractivity (Wildman–Crippen MR) is 123 cm³/mol. The van der Waals surface area contributed by atoms with Gasteiger partial charge < -0.3 is 10.2 Å². The molecule has 0 heterocycles. The predicted octanol–water partition coefficient (Wildman–Crippen LogP) is 7.07. The van der Waals surface area contributed by atoms with E-state index in [0.717, 1.165) is 19.3 Å². The van der Waals surface area contributed by atoms with Crippen LogP contribution in [0.5, 0.6) is 0 Å². The van der Waals surface area contributed by atoms with E-state index in [9.17, 15) is 4.79 Å². The number of rotatable bonds is 22. The first-order valence-corrected chi connectivity index (χ1v) is 12.9. The summed E-state index contributed by atoms with van der Waals surface area (Å²) >= 11 is 6.73. The summed E-state index contributed by atoms with van der Waals surface area (Å²) in [6.45, 7) is 0.344. The van der Waals surface area contributed by atoms with Gasteiger partial charge in [0.05, 0.1) is 0 Å². The Morgan fingerprint density at radius 2 is 1.15 bits per heavy atom. The minimum absolute atomic E-state index is 0.327. The molecular formula is C22H44O3S2. The van der Waals surface area contributed by atoms with Crippen molar-refractivity contribution in [3.05, 3.63) is 0 Å². The van der Waals surface area contributed by atoms with Gasteiger partial charge in [0.2, 0.25) is 0 Å². The summed E-state index contributed by atoms with van der Waals surface area (Å²) < 4.78 is 0.504. The summed E-state index contributed by atoms with van der Waals surface area (Å²) in [5.74, 6) is 0.567. The molecule has 162 valence electrons. The van der Waals surface area contributed by atoms with Gasteiger partial charge >= 0.3 is 5.97 Å². The van der Waals surface area contributed by atoms with Gasteiger partial charge in [0.25, 0.3) is 0 Å². The van der Waals surface area contributed by atoms with Gasteiger partial charge in [-0.1, -0.05) is 83.5 Å². The number of carboxylic acids is 1. The number of aliphatic carboxylic acids is 1. The first-order valence-electron chi connectivity index (χ1n) is 11.3. The van der Waals surface area contributed by atoms with Crippen molar-refractivity contribution in [3.8, 4) is 0 Å². The fourth-order valence-corrected chi connectivity index (χ4v) is 4.71. The second-order valence-corrected chi connectivity index (χ2v) is 9.92.